The van der Waals surface area contributed by atoms with Gasteiger partial charge in [-0.3, -0.25) is 9.20 Å². The minimum absolute atomic E-state index is 0.113. The van der Waals surface area contributed by atoms with Crippen molar-refractivity contribution in [3.63, 3.8) is 0 Å². The van der Waals surface area contributed by atoms with Crippen molar-refractivity contribution in [2.45, 2.75) is 45.3 Å². The third-order valence-corrected chi connectivity index (χ3v) is 6.80. The van der Waals surface area contributed by atoms with E-state index in [1.54, 1.807) is 41.8 Å². The Bertz CT molecular complexity index is 1590. The van der Waals surface area contributed by atoms with Gasteiger partial charge < -0.3 is 15.7 Å². The lowest BCUT2D eigenvalue weighted by atomic mass is 10.0. The monoisotopic (exact) mass is 536 g/mol. The van der Waals surface area contributed by atoms with Crippen LogP contribution in [0.25, 0.3) is 28.0 Å². The number of imidazole rings is 1. The molecule has 1 aliphatic carbocycles. The molecule has 0 aliphatic heterocycles. The maximum absolute atomic E-state index is 12.9. The molecular formula is C29H27F3N4O3. The van der Waals surface area contributed by atoms with Crippen molar-refractivity contribution in [2.75, 3.05) is 11.9 Å². The number of carboxylic acids is 1. The van der Waals surface area contributed by atoms with E-state index in [0.717, 1.165) is 24.0 Å². The van der Waals surface area contributed by atoms with Crippen LogP contribution in [0.3, 0.4) is 0 Å². The molecule has 0 unspecified atom stereocenters. The molecule has 0 saturated heterocycles. The van der Waals surface area contributed by atoms with Crippen LogP contribution in [0, 0.1) is 13.8 Å². The number of carbonyl (C=O) groups excluding carboxylic acids is 1. The van der Waals surface area contributed by atoms with E-state index in [-0.39, 0.29) is 24.1 Å². The topological polar surface area (TPSA) is 95.7 Å². The number of nitrogens with one attached hydrogen (secondary N) is 2. The summed E-state index contributed by atoms with van der Waals surface area (Å²) in [6.45, 7) is 3.23. The standard InChI is InChI=1S/C29H27F3N4O3/c1-16-12-19(4-7-22(16)27(37)35-21-5-6-21)25-14-34-26-24(33-10-9-29(30,31)32)13-20(15-36(25)26)18-3-8-23(28(38)39)17(2)11-18/h3-4,7-8,11-15,21,33H,5-6,9-10H2,1-2H3,(H,35,37)(H,38,39). The average molecular weight is 537 g/mol. The van der Waals surface area contributed by atoms with Gasteiger partial charge in [0.2, 0.25) is 0 Å². The Morgan fingerprint density at radius 2 is 1.67 bits per heavy atom. The molecule has 7 nitrogen and oxygen atoms in total. The lowest BCUT2D eigenvalue weighted by Crippen LogP contribution is -2.26. The number of anilines is 1. The Kier molecular flexibility index (Phi) is 6.80. The van der Waals surface area contributed by atoms with E-state index in [1.165, 1.54) is 6.07 Å². The minimum atomic E-state index is -4.31. The fraction of sp³-hybridized carbons (Fsp3) is 0.276. The van der Waals surface area contributed by atoms with Crippen LogP contribution in [0.1, 0.15) is 51.1 Å². The smallest absolute Gasteiger partial charge is 0.390 e. The van der Waals surface area contributed by atoms with Gasteiger partial charge in [-0.2, -0.15) is 13.2 Å². The molecule has 1 aliphatic rings. The molecule has 2 aromatic carbocycles. The Balaban J connectivity index is 1.57. The van der Waals surface area contributed by atoms with Crippen LogP contribution in [0.5, 0.6) is 0 Å². The summed E-state index contributed by atoms with van der Waals surface area (Å²) in [5.41, 5.74) is 5.85. The summed E-state index contributed by atoms with van der Waals surface area (Å²) in [4.78, 5) is 28.6. The lowest BCUT2D eigenvalue weighted by molar-refractivity contribution is -0.131. The molecule has 0 radical (unpaired) electrons. The Morgan fingerprint density at radius 3 is 2.31 bits per heavy atom. The maximum Gasteiger partial charge on any atom is 0.390 e. The molecule has 5 rings (SSSR count). The van der Waals surface area contributed by atoms with Gasteiger partial charge in [-0.1, -0.05) is 18.2 Å². The summed E-state index contributed by atoms with van der Waals surface area (Å²) in [5, 5.41) is 15.3. The second kappa shape index (κ2) is 10.1. The minimum Gasteiger partial charge on any atom is -0.478 e. The summed E-state index contributed by atoms with van der Waals surface area (Å²) in [6, 6.07) is 12.4. The second-order valence-corrected chi connectivity index (χ2v) is 9.88. The molecule has 1 fully saturated rings. The predicted octanol–water partition coefficient (Wildman–Crippen LogP) is 6.24. The molecule has 1 amide bonds. The number of nitrogens with zero attached hydrogens (tertiary/aromatic N) is 2. The fourth-order valence-electron chi connectivity index (χ4n) is 4.58. The van der Waals surface area contributed by atoms with Crippen LogP contribution >= 0.6 is 0 Å². The number of alkyl halides is 3. The van der Waals surface area contributed by atoms with E-state index in [0.29, 0.717) is 39.3 Å². The highest BCUT2D eigenvalue weighted by molar-refractivity contribution is 5.96. The van der Waals surface area contributed by atoms with Crippen LogP contribution < -0.4 is 10.6 Å². The van der Waals surface area contributed by atoms with Crippen molar-refractivity contribution < 1.29 is 27.9 Å². The molecule has 2 aromatic heterocycles. The summed E-state index contributed by atoms with van der Waals surface area (Å²) in [5.74, 6) is -1.15. The van der Waals surface area contributed by atoms with Crippen molar-refractivity contribution in [2.24, 2.45) is 0 Å². The van der Waals surface area contributed by atoms with Gasteiger partial charge in [0, 0.05) is 35.5 Å². The van der Waals surface area contributed by atoms with E-state index in [9.17, 15) is 27.9 Å². The summed E-state index contributed by atoms with van der Waals surface area (Å²) in [6.07, 6.45) is 0.134. The van der Waals surface area contributed by atoms with E-state index in [1.807, 2.05) is 25.3 Å². The number of carboxylic acid groups (broad SMARTS) is 1. The van der Waals surface area contributed by atoms with Crippen molar-refractivity contribution >= 4 is 23.2 Å². The highest BCUT2D eigenvalue weighted by Gasteiger charge is 2.27. The first-order valence-corrected chi connectivity index (χ1v) is 12.6. The quantitative estimate of drug-likeness (QED) is 0.248. The molecule has 39 heavy (non-hydrogen) atoms. The number of benzene rings is 2. The zero-order chi connectivity index (χ0) is 27.9. The number of carbonyl (C=O) groups is 2. The van der Waals surface area contributed by atoms with Gasteiger partial charge in [-0.15, -0.1) is 0 Å². The van der Waals surface area contributed by atoms with E-state index >= 15 is 0 Å². The number of rotatable bonds is 8. The summed E-state index contributed by atoms with van der Waals surface area (Å²) >= 11 is 0. The van der Waals surface area contributed by atoms with Gasteiger partial charge in [0.1, 0.15) is 0 Å². The maximum atomic E-state index is 12.9. The highest BCUT2D eigenvalue weighted by atomic mass is 19.4. The molecule has 1 saturated carbocycles. The first-order chi connectivity index (χ1) is 18.5. The van der Waals surface area contributed by atoms with Gasteiger partial charge in [-0.05, 0) is 67.6 Å². The fourth-order valence-corrected chi connectivity index (χ4v) is 4.58. The number of aryl methyl sites for hydroxylation is 2. The van der Waals surface area contributed by atoms with Crippen LogP contribution in [0.2, 0.25) is 0 Å². The number of halogens is 3. The van der Waals surface area contributed by atoms with Crippen LogP contribution in [-0.4, -0.2) is 45.1 Å². The van der Waals surface area contributed by atoms with Gasteiger partial charge >= 0.3 is 12.1 Å². The zero-order valence-electron chi connectivity index (χ0n) is 21.4. The Labute approximate surface area is 222 Å². The summed E-state index contributed by atoms with van der Waals surface area (Å²) in [7, 11) is 0. The van der Waals surface area contributed by atoms with Gasteiger partial charge in [0.15, 0.2) is 5.65 Å². The number of amides is 1. The molecule has 2 heterocycles. The molecule has 202 valence electrons. The van der Waals surface area contributed by atoms with Gasteiger partial charge in [0.25, 0.3) is 5.91 Å². The van der Waals surface area contributed by atoms with Crippen molar-refractivity contribution in [3.05, 3.63) is 77.1 Å². The highest BCUT2D eigenvalue weighted by Crippen LogP contribution is 2.32. The van der Waals surface area contributed by atoms with Crippen LogP contribution in [0.15, 0.2) is 54.9 Å². The number of fused-ring (bicyclic) bond motifs is 1. The molecule has 0 bridgehead atoms. The van der Waals surface area contributed by atoms with Crippen molar-refractivity contribution in [1.29, 1.82) is 0 Å². The number of pyridine rings is 1. The Morgan fingerprint density at radius 1 is 1.00 bits per heavy atom. The second-order valence-electron chi connectivity index (χ2n) is 9.88. The van der Waals surface area contributed by atoms with Crippen LogP contribution in [-0.2, 0) is 0 Å². The Hall–Kier alpha value is -4.34. The van der Waals surface area contributed by atoms with Crippen LogP contribution in [0.4, 0.5) is 18.9 Å². The molecule has 0 spiro atoms. The number of aromatic carboxylic acids is 1. The van der Waals surface area contributed by atoms with E-state index < -0.39 is 18.6 Å². The SMILES string of the molecule is Cc1cc(-c2cc(NCCC(F)(F)F)c3ncc(-c4ccc(C(=O)NC5CC5)c(C)c4)n3c2)ccc1C(=O)O. The van der Waals surface area contributed by atoms with Gasteiger partial charge in [-0.25, -0.2) is 9.78 Å². The zero-order valence-corrected chi connectivity index (χ0v) is 21.4. The number of aromatic nitrogens is 2. The van der Waals surface area contributed by atoms with E-state index in [2.05, 4.69) is 15.6 Å². The number of hydrogen-bond donors (Lipinski definition) is 3. The first kappa shape index (κ1) is 26.3. The molecule has 3 N–H and O–H groups in total. The van der Waals surface area contributed by atoms with Gasteiger partial charge in [0.05, 0.1) is 29.6 Å². The lowest BCUT2D eigenvalue weighted by Gasteiger charge is -2.14. The normalized spacial score (nSPS) is 13.5. The van der Waals surface area contributed by atoms with Crippen molar-refractivity contribution in [1.82, 2.24) is 14.7 Å². The summed E-state index contributed by atoms with van der Waals surface area (Å²) < 4.78 is 40.4. The number of hydrogen-bond acceptors (Lipinski definition) is 4. The van der Waals surface area contributed by atoms with E-state index in [4.69, 9.17) is 0 Å². The largest absolute Gasteiger partial charge is 0.478 e. The first-order valence-electron chi connectivity index (χ1n) is 12.6. The predicted molar refractivity (Wildman–Crippen MR) is 142 cm³/mol. The molecule has 0 atom stereocenters. The third-order valence-electron chi connectivity index (χ3n) is 6.80. The average Bonchev–Trinajstić information content (AvgIpc) is 3.57. The molecular weight excluding hydrogens is 509 g/mol. The molecule has 4 aromatic rings. The van der Waals surface area contributed by atoms with Crippen molar-refractivity contribution in [3.8, 4) is 22.4 Å². The third kappa shape index (κ3) is 5.74. The molecule has 10 heteroatoms.